The first kappa shape index (κ1) is 13.5. The summed E-state index contributed by atoms with van der Waals surface area (Å²) < 4.78 is 10.6. The second-order valence-corrected chi connectivity index (χ2v) is 6.05. The van der Waals surface area contributed by atoms with Crippen molar-refractivity contribution in [1.82, 2.24) is 15.5 Å². The maximum atomic E-state index is 5.93. The van der Waals surface area contributed by atoms with E-state index in [2.05, 4.69) is 43.2 Å². The lowest BCUT2D eigenvalue weighted by Crippen LogP contribution is -2.60. The zero-order chi connectivity index (χ0) is 13.2. The van der Waals surface area contributed by atoms with Crippen LogP contribution in [0.3, 0.4) is 0 Å². The van der Waals surface area contributed by atoms with Crippen LogP contribution in [0.25, 0.3) is 0 Å². The van der Waals surface area contributed by atoms with Gasteiger partial charge in [-0.25, -0.2) is 0 Å². The smallest absolute Gasteiger partial charge is 0.213 e. The van der Waals surface area contributed by atoms with Crippen molar-refractivity contribution in [1.29, 1.82) is 0 Å². The SMILES string of the molecule is CC(C)COC1CC(NCc2ncon2)C1(C)C. The van der Waals surface area contributed by atoms with E-state index in [9.17, 15) is 0 Å². The molecule has 1 heterocycles. The number of hydrogen-bond acceptors (Lipinski definition) is 5. The first-order chi connectivity index (χ1) is 8.50. The molecule has 1 saturated carbocycles. The number of nitrogens with one attached hydrogen (secondary N) is 1. The minimum atomic E-state index is 0.165. The highest BCUT2D eigenvalue weighted by Gasteiger charge is 2.48. The second kappa shape index (κ2) is 5.36. The van der Waals surface area contributed by atoms with Crippen molar-refractivity contribution in [2.75, 3.05) is 6.61 Å². The van der Waals surface area contributed by atoms with E-state index in [4.69, 9.17) is 9.26 Å². The molecule has 2 rings (SSSR count). The number of rotatable bonds is 6. The van der Waals surface area contributed by atoms with Crippen molar-refractivity contribution in [3.63, 3.8) is 0 Å². The Morgan fingerprint density at radius 1 is 1.56 bits per heavy atom. The monoisotopic (exact) mass is 253 g/mol. The summed E-state index contributed by atoms with van der Waals surface area (Å²) in [5, 5.41) is 7.26. The molecule has 1 aromatic heterocycles. The molecule has 18 heavy (non-hydrogen) atoms. The number of ether oxygens (including phenoxy) is 1. The third kappa shape index (κ3) is 2.90. The Bertz CT molecular complexity index is 362. The van der Waals surface area contributed by atoms with E-state index in [1.54, 1.807) is 0 Å². The van der Waals surface area contributed by atoms with Gasteiger partial charge in [-0.3, -0.25) is 0 Å². The lowest BCUT2D eigenvalue weighted by Gasteiger charge is -2.52. The average Bonchev–Trinajstić information content (AvgIpc) is 2.79. The Morgan fingerprint density at radius 3 is 2.89 bits per heavy atom. The van der Waals surface area contributed by atoms with Crippen molar-refractivity contribution in [2.24, 2.45) is 11.3 Å². The first-order valence-corrected chi connectivity index (χ1v) is 6.60. The summed E-state index contributed by atoms with van der Waals surface area (Å²) in [5.41, 5.74) is 0.165. The van der Waals surface area contributed by atoms with Gasteiger partial charge in [-0.15, -0.1) is 0 Å². The van der Waals surface area contributed by atoms with Crippen LogP contribution >= 0.6 is 0 Å². The van der Waals surface area contributed by atoms with Gasteiger partial charge >= 0.3 is 0 Å². The summed E-state index contributed by atoms with van der Waals surface area (Å²) in [6, 6.07) is 0.452. The molecule has 2 atom stereocenters. The molecule has 0 aliphatic heterocycles. The van der Waals surface area contributed by atoms with Crippen molar-refractivity contribution < 1.29 is 9.26 Å². The fourth-order valence-electron chi connectivity index (χ4n) is 2.31. The van der Waals surface area contributed by atoms with Gasteiger partial charge in [-0.2, -0.15) is 4.98 Å². The molecule has 1 aromatic rings. The molecule has 0 spiro atoms. The van der Waals surface area contributed by atoms with Crippen LogP contribution in [-0.4, -0.2) is 28.9 Å². The fourth-order valence-corrected chi connectivity index (χ4v) is 2.31. The number of aromatic nitrogens is 2. The van der Waals surface area contributed by atoms with Gasteiger partial charge in [-0.05, 0) is 12.3 Å². The molecule has 5 heteroatoms. The van der Waals surface area contributed by atoms with E-state index in [0.29, 0.717) is 30.4 Å². The van der Waals surface area contributed by atoms with Crippen LogP contribution in [0.15, 0.2) is 10.9 Å². The van der Waals surface area contributed by atoms with E-state index < -0.39 is 0 Å². The van der Waals surface area contributed by atoms with Gasteiger partial charge in [-0.1, -0.05) is 32.9 Å². The topological polar surface area (TPSA) is 60.2 Å². The second-order valence-electron chi connectivity index (χ2n) is 6.05. The lowest BCUT2D eigenvalue weighted by atomic mass is 9.64. The summed E-state index contributed by atoms with van der Waals surface area (Å²) >= 11 is 0. The normalized spacial score (nSPS) is 26.3. The first-order valence-electron chi connectivity index (χ1n) is 6.60. The molecular formula is C13H23N3O2. The number of nitrogens with zero attached hydrogens (tertiary/aromatic N) is 2. The molecule has 1 aliphatic carbocycles. The zero-order valence-corrected chi connectivity index (χ0v) is 11.6. The average molecular weight is 253 g/mol. The zero-order valence-electron chi connectivity index (χ0n) is 11.6. The maximum absolute atomic E-state index is 5.93. The van der Waals surface area contributed by atoms with Gasteiger partial charge in [0.1, 0.15) is 0 Å². The lowest BCUT2D eigenvalue weighted by molar-refractivity contribution is -0.124. The Hall–Kier alpha value is -0.940. The molecule has 0 aromatic carbocycles. The van der Waals surface area contributed by atoms with Gasteiger partial charge in [0.25, 0.3) is 0 Å². The summed E-state index contributed by atoms with van der Waals surface area (Å²) in [4.78, 5) is 4.00. The minimum Gasteiger partial charge on any atom is -0.377 e. The van der Waals surface area contributed by atoms with Crippen LogP contribution < -0.4 is 5.32 Å². The minimum absolute atomic E-state index is 0.165. The molecule has 1 fully saturated rings. The van der Waals surface area contributed by atoms with Gasteiger partial charge in [0.05, 0.1) is 12.6 Å². The molecule has 102 valence electrons. The van der Waals surface area contributed by atoms with Crippen molar-refractivity contribution in [3.8, 4) is 0 Å². The highest BCUT2D eigenvalue weighted by atomic mass is 16.5. The Kier molecular flexibility index (Phi) is 4.02. The largest absolute Gasteiger partial charge is 0.377 e. The van der Waals surface area contributed by atoms with Crippen LogP contribution in [0.1, 0.15) is 39.9 Å². The van der Waals surface area contributed by atoms with Crippen molar-refractivity contribution >= 4 is 0 Å². The maximum Gasteiger partial charge on any atom is 0.213 e. The van der Waals surface area contributed by atoms with Crippen molar-refractivity contribution in [3.05, 3.63) is 12.2 Å². The standard InChI is InChI=1S/C13H23N3O2/c1-9(2)7-17-11-5-10(13(11,3)4)14-6-12-15-8-18-16-12/h8-11,14H,5-7H2,1-4H3. The van der Waals surface area contributed by atoms with E-state index >= 15 is 0 Å². The molecule has 1 N–H and O–H groups in total. The number of hydrogen-bond donors (Lipinski definition) is 1. The highest BCUT2D eigenvalue weighted by molar-refractivity contribution is 5.03. The summed E-state index contributed by atoms with van der Waals surface area (Å²) in [6.45, 7) is 10.3. The molecule has 0 radical (unpaired) electrons. The van der Waals surface area contributed by atoms with Crippen LogP contribution in [0.2, 0.25) is 0 Å². The highest BCUT2D eigenvalue weighted by Crippen LogP contribution is 2.43. The van der Waals surface area contributed by atoms with E-state index in [1.807, 2.05) is 0 Å². The summed E-state index contributed by atoms with van der Waals surface area (Å²) in [5.74, 6) is 1.30. The third-order valence-corrected chi connectivity index (χ3v) is 3.72. The molecule has 5 nitrogen and oxygen atoms in total. The van der Waals surface area contributed by atoms with Crippen LogP contribution in [-0.2, 0) is 11.3 Å². The van der Waals surface area contributed by atoms with Gasteiger partial charge in [0.15, 0.2) is 5.82 Å². The van der Waals surface area contributed by atoms with Crippen LogP contribution in [0, 0.1) is 11.3 Å². The van der Waals surface area contributed by atoms with Crippen LogP contribution in [0.4, 0.5) is 0 Å². The summed E-state index contributed by atoms with van der Waals surface area (Å²) in [6.07, 6.45) is 2.76. The van der Waals surface area contributed by atoms with Crippen molar-refractivity contribution in [2.45, 2.75) is 52.8 Å². The van der Waals surface area contributed by atoms with E-state index in [1.165, 1.54) is 6.39 Å². The molecule has 0 saturated heterocycles. The quantitative estimate of drug-likeness (QED) is 0.840. The Morgan fingerprint density at radius 2 is 2.33 bits per heavy atom. The molecule has 2 unspecified atom stereocenters. The Labute approximate surface area is 108 Å². The predicted molar refractivity (Wildman–Crippen MR) is 67.9 cm³/mol. The predicted octanol–water partition coefficient (Wildman–Crippen LogP) is 2.00. The van der Waals surface area contributed by atoms with Gasteiger partial charge in [0.2, 0.25) is 6.39 Å². The van der Waals surface area contributed by atoms with Gasteiger partial charge < -0.3 is 14.6 Å². The Balaban J connectivity index is 1.76. The molecule has 0 bridgehead atoms. The van der Waals surface area contributed by atoms with E-state index in [-0.39, 0.29) is 5.41 Å². The fraction of sp³-hybridized carbons (Fsp3) is 0.846. The summed E-state index contributed by atoms with van der Waals surface area (Å²) in [7, 11) is 0. The molecular weight excluding hydrogens is 230 g/mol. The van der Waals surface area contributed by atoms with Gasteiger partial charge in [0, 0.05) is 18.1 Å². The van der Waals surface area contributed by atoms with E-state index in [0.717, 1.165) is 13.0 Å². The van der Waals surface area contributed by atoms with Crippen LogP contribution in [0.5, 0.6) is 0 Å². The molecule has 1 aliphatic rings. The third-order valence-electron chi connectivity index (χ3n) is 3.72. The molecule has 0 amide bonds.